The van der Waals surface area contributed by atoms with Crippen LogP contribution in [0.2, 0.25) is 0 Å². The van der Waals surface area contributed by atoms with Crippen LogP contribution in [0.15, 0.2) is 0 Å². The highest BCUT2D eigenvalue weighted by Gasteiger charge is 2.11. The van der Waals surface area contributed by atoms with Crippen molar-refractivity contribution in [3.05, 3.63) is 0 Å². The van der Waals surface area contributed by atoms with Crippen LogP contribution in [-0.2, 0) is 9.53 Å². The van der Waals surface area contributed by atoms with E-state index in [1.165, 1.54) is 45.2 Å². The highest BCUT2D eigenvalue weighted by atomic mass is 16.5. The smallest absolute Gasteiger partial charge is 0.221 e. The molecule has 2 saturated heterocycles. The zero-order valence-corrected chi connectivity index (χ0v) is 14.0. The predicted molar refractivity (Wildman–Crippen MR) is 89.0 cm³/mol. The van der Waals surface area contributed by atoms with Crippen LogP contribution < -0.4 is 5.32 Å². The van der Waals surface area contributed by atoms with Gasteiger partial charge in [0.05, 0.1) is 13.2 Å². The Hall–Kier alpha value is -0.650. The minimum atomic E-state index is 0.212. The number of nitrogens with one attached hydrogen (secondary N) is 1. The first kappa shape index (κ1) is 17.7. The summed E-state index contributed by atoms with van der Waals surface area (Å²) in [5, 5.41) is 3.07. The third-order valence-corrected chi connectivity index (χ3v) is 4.68. The minimum Gasteiger partial charge on any atom is -0.379 e. The first-order chi connectivity index (χ1) is 10.8. The van der Waals surface area contributed by atoms with Gasteiger partial charge < -0.3 is 15.0 Å². The fourth-order valence-corrected chi connectivity index (χ4v) is 3.24. The molecular weight excluding hydrogens is 278 g/mol. The Balaban J connectivity index is 1.48. The number of hydrogen-bond acceptors (Lipinski definition) is 4. The molecule has 2 aliphatic rings. The molecule has 0 unspecified atom stereocenters. The number of ether oxygens (including phenoxy) is 1. The highest BCUT2D eigenvalue weighted by molar-refractivity contribution is 5.75. The molecule has 0 spiro atoms. The average molecular weight is 311 g/mol. The van der Waals surface area contributed by atoms with Gasteiger partial charge in [0.25, 0.3) is 0 Å². The summed E-state index contributed by atoms with van der Waals surface area (Å²) in [7, 11) is 0. The lowest BCUT2D eigenvalue weighted by molar-refractivity contribution is -0.121. The molecule has 5 nitrogen and oxygen atoms in total. The van der Waals surface area contributed by atoms with Gasteiger partial charge >= 0.3 is 0 Å². The van der Waals surface area contributed by atoms with Gasteiger partial charge in [-0.3, -0.25) is 9.69 Å². The number of nitrogens with zero attached hydrogens (tertiary/aromatic N) is 2. The predicted octanol–water partition coefficient (Wildman–Crippen LogP) is 1.48. The van der Waals surface area contributed by atoms with E-state index < -0.39 is 0 Å². The minimum absolute atomic E-state index is 0.212. The number of amides is 1. The normalized spacial score (nSPS) is 22.0. The van der Waals surface area contributed by atoms with Crippen LogP contribution >= 0.6 is 0 Å². The van der Waals surface area contributed by atoms with Crippen molar-refractivity contribution in [1.29, 1.82) is 0 Å². The topological polar surface area (TPSA) is 44.8 Å². The van der Waals surface area contributed by atoms with Gasteiger partial charge in [-0.15, -0.1) is 0 Å². The van der Waals surface area contributed by atoms with Crippen LogP contribution in [0, 0.1) is 0 Å². The van der Waals surface area contributed by atoms with Gasteiger partial charge in [0.1, 0.15) is 0 Å². The Bertz CT molecular complexity index is 298. The molecule has 2 fully saturated rings. The summed E-state index contributed by atoms with van der Waals surface area (Å²) >= 11 is 0. The standard InChI is InChI=1S/C17H33N3O2/c21-17(7-12-19-9-4-2-1-3-5-10-19)18-8-6-11-20-13-15-22-16-14-20/h1-16H2,(H,18,21). The first-order valence-electron chi connectivity index (χ1n) is 9.14. The van der Waals surface area contributed by atoms with Gasteiger partial charge in [0.15, 0.2) is 0 Å². The monoisotopic (exact) mass is 311 g/mol. The third kappa shape index (κ3) is 7.56. The van der Waals surface area contributed by atoms with Crippen LogP contribution in [-0.4, -0.2) is 74.7 Å². The van der Waals surface area contributed by atoms with E-state index >= 15 is 0 Å². The van der Waals surface area contributed by atoms with Crippen molar-refractivity contribution >= 4 is 5.91 Å². The second-order valence-corrected chi connectivity index (χ2v) is 6.52. The largest absolute Gasteiger partial charge is 0.379 e. The van der Waals surface area contributed by atoms with Crippen molar-refractivity contribution in [2.45, 2.75) is 44.9 Å². The number of carbonyl (C=O) groups excluding carboxylic acids is 1. The summed E-state index contributed by atoms with van der Waals surface area (Å²) in [5.74, 6) is 0.212. The second kappa shape index (κ2) is 11.0. The fourth-order valence-electron chi connectivity index (χ4n) is 3.24. The van der Waals surface area contributed by atoms with Gasteiger partial charge in [-0.2, -0.15) is 0 Å². The number of hydrogen-bond donors (Lipinski definition) is 1. The summed E-state index contributed by atoms with van der Waals surface area (Å²) < 4.78 is 5.33. The molecule has 1 amide bonds. The summed E-state index contributed by atoms with van der Waals surface area (Å²) in [6, 6.07) is 0. The lowest BCUT2D eigenvalue weighted by atomic mass is 10.1. The molecule has 0 aliphatic carbocycles. The molecule has 2 aliphatic heterocycles. The molecule has 0 atom stereocenters. The van der Waals surface area contributed by atoms with E-state index in [9.17, 15) is 4.79 Å². The molecule has 1 N–H and O–H groups in total. The molecular formula is C17H33N3O2. The summed E-state index contributed by atoms with van der Waals surface area (Å²) in [5.41, 5.74) is 0. The van der Waals surface area contributed by atoms with Crippen LogP contribution in [0.25, 0.3) is 0 Å². The molecule has 0 aromatic rings. The maximum Gasteiger partial charge on any atom is 0.221 e. The van der Waals surface area contributed by atoms with Crippen molar-refractivity contribution in [1.82, 2.24) is 15.1 Å². The van der Waals surface area contributed by atoms with E-state index in [1.54, 1.807) is 0 Å². The van der Waals surface area contributed by atoms with E-state index in [0.717, 1.165) is 52.4 Å². The van der Waals surface area contributed by atoms with Crippen molar-refractivity contribution in [3.8, 4) is 0 Å². The maximum absolute atomic E-state index is 11.9. The Morgan fingerprint density at radius 3 is 2.23 bits per heavy atom. The Labute approximate surface area is 135 Å². The number of likely N-dealkylation sites (tertiary alicyclic amines) is 1. The zero-order valence-electron chi connectivity index (χ0n) is 14.0. The number of rotatable bonds is 7. The molecule has 2 rings (SSSR count). The van der Waals surface area contributed by atoms with E-state index in [1.807, 2.05) is 0 Å². The molecule has 2 heterocycles. The Kier molecular flexibility index (Phi) is 8.83. The van der Waals surface area contributed by atoms with Crippen LogP contribution in [0.4, 0.5) is 0 Å². The third-order valence-electron chi connectivity index (χ3n) is 4.68. The maximum atomic E-state index is 11.9. The van der Waals surface area contributed by atoms with Crippen molar-refractivity contribution in [2.24, 2.45) is 0 Å². The molecule has 0 aromatic heterocycles. The summed E-state index contributed by atoms with van der Waals surface area (Å²) in [6.07, 6.45) is 8.36. The molecule has 22 heavy (non-hydrogen) atoms. The fraction of sp³-hybridized carbons (Fsp3) is 0.941. The van der Waals surface area contributed by atoms with E-state index in [2.05, 4.69) is 15.1 Å². The van der Waals surface area contributed by atoms with Crippen molar-refractivity contribution in [2.75, 3.05) is 59.0 Å². The quantitative estimate of drug-likeness (QED) is 0.724. The Morgan fingerprint density at radius 2 is 1.50 bits per heavy atom. The Morgan fingerprint density at radius 1 is 0.864 bits per heavy atom. The summed E-state index contributed by atoms with van der Waals surface area (Å²) in [4.78, 5) is 16.8. The lowest BCUT2D eigenvalue weighted by Gasteiger charge is -2.26. The van der Waals surface area contributed by atoms with Gasteiger partial charge in [-0.1, -0.05) is 19.3 Å². The zero-order chi connectivity index (χ0) is 15.5. The molecule has 128 valence electrons. The molecule has 0 radical (unpaired) electrons. The average Bonchev–Trinajstić information content (AvgIpc) is 2.51. The second-order valence-electron chi connectivity index (χ2n) is 6.52. The van der Waals surface area contributed by atoms with E-state index in [4.69, 9.17) is 4.74 Å². The highest BCUT2D eigenvalue weighted by Crippen LogP contribution is 2.10. The van der Waals surface area contributed by atoms with Crippen LogP contribution in [0.5, 0.6) is 0 Å². The lowest BCUT2D eigenvalue weighted by Crippen LogP contribution is -2.38. The number of carbonyl (C=O) groups is 1. The van der Waals surface area contributed by atoms with Gasteiger partial charge in [-0.05, 0) is 38.9 Å². The number of morpholine rings is 1. The SMILES string of the molecule is O=C(CCN1CCCCCCC1)NCCCN1CCOCC1. The molecule has 0 saturated carbocycles. The van der Waals surface area contributed by atoms with Gasteiger partial charge in [0, 0.05) is 32.6 Å². The first-order valence-corrected chi connectivity index (χ1v) is 9.14. The molecule has 0 aromatic carbocycles. The summed E-state index contributed by atoms with van der Waals surface area (Å²) in [6.45, 7) is 8.89. The molecule has 5 heteroatoms. The van der Waals surface area contributed by atoms with Gasteiger partial charge in [0.2, 0.25) is 5.91 Å². The molecule has 0 bridgehead atoms. The van der Waals surface area contributed by atoms with E-state index in [-0.39, 0.29) is 5.91 Å². The van der Waals surface area contributed by atoms with Crippen molar-refractivity contribution < 1.29 is 9.53 Å². The van der Waals surface area contributed by atoms with Gasteiger partial charge in [-0.25, -0.2) is 0 Å². The van der Waals surface area contributed by atoms with E-state index in [0.29, 0.717) is 6.42 Å². The van der Waals surface area contributed by atoms with Crippen molar-refractivity contribution in [3.63, 3.8) is 0 Å². The van der Waals surface area contributed by atoms with Crippen LogP contribution in [0.1, 0.15) is 44.9 Å². The van der Waals surface area contributed by atoms with Crippen LogP contribution in [0.3, 0.4) is 0 Å².